The molecule has 0 amide bonds. The number of hydrogen-bond acceptors (Lipinski definition) is 2. The molecule has 1 rings (SSSR count). The van der Waals surface area contributed by atoms with E-state index in [9.17, 15) is 5.11 Å². The van der Waals surface area contributed by atoms with Gasteiger partial charge in [0.15, 0.2) is 0 Å². The van der Waals surface area contributed by atoms with Crippen LogP contribution in [-0.4, -0.2) is 24.4 Å². The lowest BCUT2D eigenvalue weighted by molar-refractivity contribution is -0.0571. The summed E-state index contributed by atoms with van der Waals surface area (Å²) in [6, 6.07) is 0. The molecule has 14 heavy (non-hydrogen) atoms. The van der Waals surface area contributed by atoms with Crippen molar-refractivity contribution in [3.63, 3.8) is 0 Å². The molecule has 0 aliphatic heterocycles. The summed E-state index contributed by atoms with van der Waals surface area (Å²) >= 11 is 0. The van der Waals surface area contributed by atoms with Crippen molar-refractivity contribution in [2.45, 2.75) is 64.1 Å². The minimum Gasteiger partial charge on any atom is -0.390 e. The number of hydrogen-bond donors (Lipinski definition) is 1. The van der Waals surface area contributed by atoms with E-state index in [1.165, 1.54) is 32.1 Å². The van der Waals surface area contributed by atoms with E-state index in [4.69, 9.17) is 4.74 Å². The van der Waals surface area contributed by atoms with Crippen molar-refractivity contribution in [3.8, 4) is 0 Å². The summed E-state index contributed by atoms with van der Waals surface area (Å²) in [6.45, 7) is 2.11. The van der Waals surface area contributed by atoms with Gasteiger partial charge in [-0.25, -0.2) is 0 Å². The van der Waals surface area contributed by atoms with Crippen molar-refractivity contribution in [1.82, 2.24) is 0 Å². The molecular formula is C12H24O2. The Kier molecular flexibility index (Phi) is 5.49. The maximum absolute atomic E-state index is 9.94. The highest BCUT2D eigenvalue weighted by Gasteiger charge is 2.28. The Morgan fingerprint density at radius 3 is 2.43 bits per heavy atom. The van der Waals surface area contributed by atoms with Crippen LogP contribution in [0.2, 0.25) is 0 Å². The monoisotopic (exact) mass is 200 g/mol. The second kappa shape index (κ2) is 6.41. The van der Waals surface area contributed by atoms with Crippen molar-refractivity contribution >= 4 is 0 Å². The highest BCUT2D eigenvalue weighted by molar-refractivity contribution is 4.79. The summed E-state index contributed by atoms with van der Waals surface area (Å²) in [4.78, 5) is 0. The van der Waals surface area contributed by atoms with E-state index in [1.54, 1.807) is 7.11 Å². The number of aliphatic hydroxyl groups is 1. The Hall–Kier alpha value is -0.0800. The highest BCUT2D eigenvalue weighted by atomic mass is 16.5. The average Bonchev–Trinajstić information content (AvgIpc) is 2.21. The summed E-state index contributed by atoms with van der Waals surface area (Å²) in [7, 11) is 1.73. The number of rotatable bonds is 5. The normalized spacial score (nSPS) is 23.4. The molecule has 0 spiro atoms. The van der Waals surface area contributed by atoms with Crippen molar-refractivity contribution in [2.24, 2.45) is 5.92 Å². The second-order valence-corrected chi connectivity index (χ2v) is 4.45. The standard InChI is InChI=1S/C12H24O2/c1-3-7-11(13)12(14-2)10-8-5-4-6-9-10/h10-13H,3-9H2,1-2H3. The first kappa shape index (κ1) is 12.0. The van der Waals surface area contributed by atoms with Gasteiger partial charge in [-0.1, -0.05) is 32.6 Å². The zero-order chi connectivity index (χ0) is 10.4. The summed E-state index contributed by atoms with van der Waals surface area (Å²) in [5.74, 6) is 0.593. The van der Waals surface area contributed by atoms with E-state index in [1.807, 2.05) is 0 Å². The molecule has 1 aliphatic carbocycles. The number of aliphatic hydroxyl groups excluding tert-OH is 1. The van der Waals surface area contributed by atoms with Crippen LogP contribution in [0.15, 0.2) is 0 Å². The largest absolute Gasteiger partial charge is 0.390 e. The molecule has 2 nitrogen and oxygen atoms in total. The van der Waals surface area contributed by atoms with E-state index in [0.29, 0.717) is 5.92 Å². The zero-order valence-electron chi connectivity index (χ0n) is 9.54. The van der Waals surface area contributed by atoms with Crippen LogP contribution in [0.1, 0.15) is 51.9 Å². The fraction of sp³-hybridized carbons (Fsp3) is 1.00. The molecule has 0 aromatic carbocycles. The lowest BCUT2D eigenvalue weighted by atomic mass is 9.82. The third kappa shape index (κ3) is 3.25. The second-order valence-electron chi connectivity index (χ2n) is 4.45. The maximum atomic E-state index is 9.94. The average molecular weight is 200 g/mol. The van der Waals surface area contributed by atoms with Crippen molar-refractivity contribution in [1.29, 1.82) is 0 Å². The van der Waals surface area contributed by atoms with Crippen LogP contribution in [0.5, 0.6) is 0 Å². The lowest BCUT2D eigenvalue weighted by Crippen LogP contribution is -2.36. The summed E-state index contributed by atoms with van der Waals surface area (Å²) < 4.78 is 5.45. The maximum Gasteiger partial charge on any atom is 0.0858 e. The van der Waals surface area contributed by atoms with E-state index >= 15 is 0 Å². The minimum atomic E-state index is -0.256. The molecule has 1 saturated carbocycles. The van der Waals surface area contributed by atoms with Crippen LogP contribution in [0.4, 0.5) is 0 Å². The molecule has 0 aromatic heterocycles. The van der Waals surface area contributed by atoms with Gasteiger partial charge in [-0.3, -0.25) is 0 Å². The summed E-state index contributed by atoms with van der Waals surface area (Å²) in [5.41, 5.74) is 0. The third-order valence-electron chi connectivity index (χ3n) is 3.35. The molecule has 1 N–H and O–H groups in total. The SMILES string of the molecule is CCCC(O)C(OC)C1CCCCC1. The van der Waals surface area contributed by atoms with Gasteiger partial charge >= 0.3 is 0 Å². The first-order chi connectivity index (χ1) is 6.79. The van der Waals surface area contributed by atoms with Crippen LogP contribution in [0, 0.1) is 5.92 Å². The third-order valence-corrected chi connectivity index (χ3v) is 3.35. The summed E-state index contributed by atoms with van der Waals surface area (Å²) in [6.07, 6.45) is 8.17. The highest BCUT2D eigenvalue weighted by Crippen LogP contribution is 2.30. The van der Waals surface area contributed by atoms with Gasteiger partial charge in [0.1, 0.15) is 0 Å². The molecular weight excluding hydrogens is 176 g/mol. The number of methoxy groups -OCH3 is 1. The van der Waals surface area contributed by atoms with Crippen LogP contribution in [0.3, 0.4) is 0 Å². The van der Waals surface area contributed by atoms with Gasteiger partial charge in [0.25, 0.3) is 0 Å². The Morgan fingerprint density at radius 1 is 1.29 bits per heavy atom. The predicted molar refractivity (Wildman–Crippen MR) is 58.3 cm³/mol. The van der Waals surface area contributed by atoms with Crippen molar-refractivity contribution in [3.05, 3.63) is 0 Å². The Morgan fingerprint density at radius 2 is 1.93 bits per heavy atom. The topological polar surface area (TPSA) is 29.5 Å². The smallest absolute Gasteiger partial charge is 0.0858 e. The van der Waals surface area contributed by atoms with E-state index in [2.05, 4.69) is 6.92 Å². The fourth-order valence-corrected chi connectivity index (χ4v) is 2.59. The molecule has 2 unspecified atom stereocenters. The molecule has 1 aliphatic rings. The zero-order valence-corrected chi connectivity index (χ0v) is 9.54. The minimum absolute atomic E-state index is 0.0789. The first-order valence-electron chi connectivity index (χ1n) is 6.00. The van der Waals surface area contributed by atoms with Crippen molar-refractivity contribution < 1.29 is 9.84 Å². The van der Waals surface area contributed by atoms with E-state index in [0.717, 1.165) is 12.8 Å². The molecule has 0 radical (unpaired) electrons. The van der Waals surface area contributed by atoms with Crippen LogP contribution in [-0.2, 0) is 4.74 Å². The van der Waals surface area contributed by atoms with Crippen LogP contribution < -0.4 is 0 Å². The Labute approximate surface area is 87.7 Å². The fourth-order valence-electron chi connectivity index (χ4n) is 2.59. The van der Waals surface area contributed by atoms with E-state index in [-0.39, 0.29) is 12.2 Å². The van der Waals surface area contributed by atoms with E-state index < -0.39 is 0 Å². The van der Waals surface area contributed by atoms with Crippen molar-refractivity contribution in [2.75, 3.05) is 7.11 Å². The van der Waals surface area contributed by atoms with Gasteiger partial charge in [-0.2, -0.15) is 0 Å². The first-order valence-corrected chi connectivity index (χ1v) is 6.00. The molecule has 84 valence electrons. The van der Waals surface area contributed by atoms with Gasteiger partial charge in [0, 0.05) is 7.11 Å². The lowest BCUT2D eigenvalue weighted by Gasteiger charge is -2.32. The molecule has 0 aromatic rings. The summed E-state index contributed by atoms with van der Waals surface area (Å²) in [5, 5.41) is 9.94. The Bertz CT molecular complexity index is 141. The predicted octanol–water partition coefficient (Wildman–Crippen LogP) is 2.74. The van der Waals surface area contributed by atoms with Gasteiger partial charge in [0.2, 0.25) is 0 Å². The van der Waals surface area contributed by atoms with Crippen LogP contribution >= 0.6 is 0 Å². The Balaban J connectivity index is 2.41. The van der Waals surface area contributed by atoms with Gasteiger partial charge < -0.3 is 9.84 Å². The molecule has 0 bridgehead atoms. The van der Waals surface area contributed by atoms with Crippen LogP contribution in [0.25, 0.3) is 0 Å². The molecule has 2 heteroatoms. The van der Waals surface area contributed by atoms with Gasteiger partial charge in [-0.05, 0) is 25.2 Å². The van der Waals surface area contributed by atoms with Gasteiger partial charge in [-0.15, -0.1) is 0 Å². The molecule has 0 heterocycles. The molecule has 0 saturated heterocycles. The van der Waals surface area contributed by atoms with Gasteiger partial charge in [0.05, 0.1) is 12.2 Å². The molecule has 2 atom stereocenters. The number of ether oxygens (including phenoxy) is 1. The quantitative estimate of drug-likeness (QED) is 0.739. The molecule has 1 fully saturated rings.